The van der Waals surface area contributed by atoms with E-state index in [4.69, 9.17) is 10.3 Å². The lowest BCUT2D eigenvalue weighted by Gasteiger charge is -2.39. The first-order valence-corrected chi connectivity index (χ1v) is 5.41. The molecule has 0 saturated carbocycles. The van der Waals surface area contributed by atoms with E-state index in [1.807, 2.05) is 20.8 Å². The molecule has 1 aliphatic rings. The number of carbonyl (C=O) groups is 1. The largest absolute Gasteiger partial charge is 0.444 e. The zero-order valence-corrected chi connectivity index (χ0v) is 10.0. The zero-order chi connectivity index (χ0) is 12.2. The zero-order valence-electron chi connectivity index (χ0n) is 10.0. The Morgan fingerprint density at radius 2 is 2.19 bits per heavy atom. The molecule has 6 nitrogen and oxygen atoms in total. The summed E-state index contributed by atoms with van der Waals surface area (Å²) in [5, 5.41) is 3.47. The van der Waals surface area contributed by atoms with Gasteiger partial charge in [0.2, 0.25) is 0 Å². The van der Waals surface area contributed by atoms with Crippen LogP contribution in [0, 0.1) is 5.92 Å². The Labute approximate surface area is 95.2 Å². The van der Waals surface area contributed by atoms with E-state index in [1.165, 1.54) is 0 Å². The highest BCUT2D eigenvalue weighted by molar-refractivity contribution is 5.69. The molecule has 0 atom stereocenters. The molecule has 0 bridgehead atoms. The first kappa shape index (κ1) is 12.6. The van der Waals surface area contributed by atoms with Crippen molar-refractivity contribution in [3.8, 4) is 0 Å². The number of ether oxygens (including phenoxy) is 1. The van der Waals surface area contributed by atoms with Crippen LogP contribution in [-0.4, -0.2) is 36.2 Å². The van der Waals surface area contributed by atoms with Gasteiger partial charge in [-0.1, -0.05) is 5.11 Å². The van der Waals surface area contributed by atoms with E-state index in [0.29, 0.717) is 25.6 Å². The maximum absolute atomic E-state index is 11.5. The van der Waals surface area contributed by atoms with Crippen LogP contribution in [0.1, 0.15) is 27.2 Å². The predicted octanol–water partition coefficient (Wildman–Crippen LogP) is 2.55. The molecular weight excluding hydrogens is 208 g/mol. The molecule has 1 fully saturated rings. The Morgan fingerprint density at radius 3 is 2.69 bits per heavy atom. The van der Waals surface area contributed by atoms with E-state index >= 15 is 0 Å². The van der Waals surface area contributed by atoms with Gasteiger partial charge in [-0.05, 0) is 38.6 Å². The lowest BCUT2D eigenvalue weighted by molar-refractivity contribution is -0.00173. The summed E-state index contributed by atoms with van der Waals surface area (Å²) in [5.74, 6) is 0.443. The van der Waals surface area contributed by atoms with Crippen LogP contribution in [0.4, 0.5) is 4.79 Å². The molecule has 1 aliphatic heterocycles. The minimum Gasteiger partial charge on any atom is -0.444 e. The average Bonchev–Trinajstić information content (AvgIpc) is 2.05. The average molecular weight is 226 g/mol. The van der Waals surface area contributed by atoms with Gasteiger partial charge in [0, 0.05) is 24.5 Å². The molecular formula is C10H18N4O2. The summed E-state index contributed by atoms with van der Waals surface area (Å²) >= 11 is 0. The van der Waals surface area contributed by atoms with Crippen molar-refractivity contribution in [2.45, 2.75) is 32.8 Å². The summed E-state index contributed by atoms with van der Waals surface area (Å²) in [6.07, 6.45) is 0.580. The molecule has 0 aromatic carbocycles. The molecule has 16 heavy (non-hydrogen) atoms. The summed E-state index contributed by atoms with van der Waals surface area (Å²) in [5.41, 5.74) is 7.67. The Morgan fingerprint density at radius 1 is 1.56 bits per heavy atom. The second-order valence-corrected chi connectivity index (χ2v) is 4.99. The molecule has 0 aromatic rings. The third kappa shape index (κ3) is 3.98. The van der Waals surface area contributed by atoms with Crippen molar-refractivity contribution in [1.29, 1.82) is 0 Å². The van der Waals surface area contributed by atoms with Crippen LogP contribution in [0.3, 0.4) is 0 Å². The standard InChI is InChI=1S/C10H18N4O2/c1-10(2,3)16-9(15)14-6-8(7-14)4-5-12-13-11/h8H,4-7H2,1-3H3. The van der Waals surface area contributed by atoms with Crippen LogP contribution in [0.15, 0.2) is 5.11 Å². The van der Waals surface area contributed by atoms with Crippen LogP contribution in [0.2, 0.25) is 0 Å². The minimum absolute atomic E-state index is 0.257. The van der Waals surface area contributed by atoms with Crippen molar-refractivity contribution >= 4 is 6.09 Å². The minimum atomic E-state index is -0.437. The van der Waals surface area contributed by atoms with Gasteiger partial charge >= 0.3 is 6.09 Å². The fourth-order valence-corrected chi connectivity index (χ4v) is 1.51. The molecule has 0 radical (unpaired) electrons. The van der Waals surface area contributed by atoms with Gasteiger partial charge in [0.1, 0.15) is 5.60 Å². The third-order valence-electron chi connectivity index (χ3n) is 2.31. The van der Waals surface area contributed by atoms with Gasteiger partial charge in [-0.2, -0.15) is 0 Å². The van der Waals surface area contributed by atoms with E-state index in [0.717, 1.165) is 6.42 Å². The number of likely N-dealkylation sites (tertiary alicyclic amines) is 1. The Balaban J connectivity index is 2.20. The molecule has 0 spiro atoms. The highest BCUT2D eigenvalue weighted by Gasteiger charge is 2.32. The highest BCUT2D eigenvalue weighted by Crippen LogP contribution is 2.21. The molecule has 1 saturated heterocycles. The van der Waals surface area contributed by atoms with E-state index in [-0.39, 0.29) is 6.09 Å². The number of hydrogen-bond donors (Lipinski definition) is 0. The van der Waals surface area contributed by atoms with Crippen molar-refractivity contribution in [2.75, 3.05) is 19.6 Å². The van der Waals surface area contributed by atoms with Gasteiger partial charge in [-0.25, -0.2) is 4.79 Å². The Hall–Kier alpha value is -1.42. The van der Waals surface area contributed by atoms with Crippen molar-refractivity contribution < 1.29 is 9.53 Å². The molecule has 90 valence electrons. The number of nitrogens with zero attached hydrogens (tertiary/aromatic N) is 4. The second kappa shape index (κ2) is 5.07. The summed E-state index contributed by atoms with van der Waals surface area (Å²) in [6, 6.07) is 0. The Kier molecular flexibility index (Phi) is 4.01. The maximum atomic E-state index is 11.5. The van der Waals surface area contributed by atoms with Crippen molar-refractivity contribution in [2.24, 2.45) is 11.0 Å². The van der Waals surface area contributed by atoms with Crippen LogP contribution < -0.4 is 0 Å². The third-order valence-corrected chi connectivity index (χ3v) is 2.31. The SMILES string of the molecule is CC(C)(C)OC(=O)N1CC(CCN=[N+]=[N-])C1. The molecule has 0 aliphatic carbocycles. The van der Waals surface area contributed by atoms with E-state index in [9.17, 15) is 4.79 Å². The van der Waals surface area contributed by atoms with Gasteiger partial charge < -0.3 is 9.64 Å². The van der Waals surface area contributed by atoms with Gasteiger partial charge in [-0.15, -0.1) is 0 Å². The van der Waals surface area contributed by atoms with Crippen molar-refractivity contribution in [3.63, 3.8) is 0 Å². The number of hydrogen-bond acceptors (Lipinski definition) is 3. The van der Waals surface area contributed by atoms with Crippen molar-refractivity contribution in [1.82, 2.24) is 4.90 Å². The number of amides is 1. The van der Waals surface area contributed by atoms with Crippen LogP contribution in [0.5, 0.6) is 0 Å². The topological polar surface area (TPSA) is 78.3 Å². The maximum Gasteiger partial charge on any atom is 0.410 e. The van der Waals surface area contributed by atoms with Crippen molar-refractivity contribution in [3.05, 3.63) is 10.4 Å². The summed E-state index contributed by atoms with van der Waals surface area (Å²) in [7, 11) is 0. The van der Waals surface area contributed by atoms with Gasteiger partial charge in [0.05, 0.1) is 0 Å². The van der Waals surface area contributed by atoms with Crippen LogP contribution in [0.25, 0.3) is 10.4 Å². The number of azide groups is 1. The summed E-state index contributed by atoms with van der Waals surface area (Å²) < 4.78 is 5.22. The monoisotopic (exact) mass is 226 g/mol. The molecule has 6 heteroatoms. The first-order chi connectivity index (χ1) is 7.42. The molecule has 1 rings (SSSR count). The number of carbonyl (C=O) groups excluding carboxylic acids is 1. The lowest BCUT2D eigenvalue weighted by Crippen LogP contribution is -2.51. The quantitative estimate of drug-likeness (QED) is 0.421. The molecule has 1 heterocycles. The summed E-state index contributed by atoms with van der Waals surface area (Å²) in [4.78, 5) is 15.9. The molecule has 1 amide bonds. The second-order valence-electron chi connectivity index (χ2n) is 4.99. The van der Waals surface area contributed by atoms with Gasteiger partial charge in [0.25, 0.3) is 0 Å². The van der Waals surface area contributed by atoms with Crippen LogP contribution in [-0.2, 0) is 4.74 Å². The highest BCUT2D eigenvalue weighted by atomic mass is 16.6. The summed E-state index contributed by atoms with van der Waals surface area (Å²) in [6.45, 7) is 7.46. The number of rotatable bonds is 3. The smallest absolute Gasteiger partial charge is 0.410 e. The van der Waals surface area contributed by atoms with E-state index in [1.54, 1.807) is 4.90 Å². The van der Waals surface area contributed by atoms with E-state index in [2.05, 4.69) is 10.0 Å². The molecule has 0 unspecified atom stereocenters. The molecule has 0 N–H and O–H groups in total. The lowest BCUT2D eigenvalue weighted by atomic mass is 9.97. The van der Waals surface area contributed by atoms with Crippen LogP contribution >= 0.6 is 0 Å². The van der Waals surface area contributed by atoms with Gasteiger partial charge in [-0.3, -0.25) is 0 Å². The molecule has 0 aromatic heterocycles. The van der Waals surface area contributed by atoms with Gasteiger partial charge in [0.15, 0.2) is 0 Å². The predicted molar refractivity (Wildman–Crippen MR) is 59.9 cm³/mol. The van der Waals surface area contributed by atoms with E-state index < -0.39 is 5.60 Å². The fourth-order valence-electron chi connectivity index (χ4n) is 1.51. The fraction of sp³-hybridized carbons (Fsp3) is 0.900. The first-order valence-electron chi connectivity index (χ1n) is 5.41. The normalized spacial score (nSPS) is 16.3. The Bertz CT molecular complexity index is 298.